The molecule has 0 N–H and O–H groups in total. The molecular formula is C20H23N3O4. The summed E-state index contributed by atoms with van der Waals surface area (Å²) in [5.74, 6) is 2.17. The fraction of sp³-hybridized carbons (Fsp3) is 0.400. The second-order valence-corrected chi connectivity index (χ2v) is 6.43. The van der Waals surface area contributed by atoms with Gasteiger partial charge in [0.15, 0.2) is 11.5 Å². The average Bonchev–Trinajstić information content (AvgIpc) is 3.08. The molecule has 2 unspecified atom stereocenters. The summed E-state index contributed by atoms with van der Waals surface area (Å²) in [5.41, 5.74) is 1.18. The number of hydrogen-bond acceptors (Lipinski definition) is 7. The molecule has 142 valence electrons. The lowest BCUT2D eigenvalue weighted by molar-refractivity contribution is -0.00642. The number of anilines is 1. The van der Waals surface area contributed by atoms with Crippen LogP contribution in [0.5, 0.6) is 11.5 Å². The minimum atomic E-state index is 0.0659. The van der Waals surface area contributed by atoms with E-state index in [2.05, 4.69) is 11.1 Å². The quantitative estimate of drug-likeness (QED) is 0.799. The maximum Gasteiger partial charge on any atom is 0.235 e. The van der Waals surface area contributed by atoms with Crippen molar-refractivity contribution >= 4 is 18.0 Å². The van der Waals surface area contributed by atoms with Crippen LogP contribution in [0.15, 0.2) is 22.6 Å². The van der Waals surface area contributed by atoms with Crippen LogP contribution in [0.25, 0.3) is 12.2 Å². The lowest BCUT2D eigenvalue weighted by atomic mass is 10.2. The highest BCUT2D eigenvalue weighted by Gasteiger charge is 2.27. The Morgan fingerprint density at radius 2 is 1.85 bits per heavy atom. The number of rotatable bonds is 5. The van der Waals surface area contributed by atoms with Gasteiger partial charge in [-0.25, -0.2) is 0 Å². The van der Waals surface area contributed by atoms with Crippen LogP contribution in [0.4, 0.5) is 5.88 Å². The fourth-order valence-electron chi connectivity index (χ4n) is 3.15. The number of methoxy groups -OCH3 is 2. The van der Waals surface area contributed by atoms with Gasteiger partial charge >= 0.3 is 0 Å². The van der Waals surface area contributed by atoms with Gasteiger partial charge in [-0.15, -0.1) is 0 Å². The van der Waals surface area contributed by atoms with Gasteiger partial charge in [0, 0.05) is 19.2 Å². The first-order chi connectivity index (χ1) is 13.0. The molecule has 0 saturated carbocycles. The molecule has 0 spiro atoms. The predicted octanol–water partition coefficient (Wildman–Crippen LogP) is 3.35. The topological polar surface area (TPSA) is 80.8 Å². The Bertz CT molecular complexity index is 859. The maximum absolute atomic E-state index is 9.42. The van der Waals surface area contributed by atoms with Crippen LogP contribution in [-0.2, 0) is 4.74 Å². The highest BCUT2D eigenvalue weighted by molar-refractivity contribution is 5.69. The molecule has 1 aromatic heterocycles. The van der Waals surface area contributed by atoms with E-state index in [0.717, 1.165) is 5.56 Å². The zero-order valence-electron chi connectivity index (χ0n) is 15.9. The summed E-state index contributed by atoms with van der Waals surface area (Å²) in [5, 5.41) is 9.42. The van der Waals surface area contributed by atoms with Crippen molar-refractivity contribution in [1.82, 2.24) is 4.98 Å². The van der Waals surface area contributed by atoms with Gasteiger partial charge in [-0.2, -0.15) is 10.2 Å². The van der Waals surface area contributed by atoms with E-state index in [0.29, 0.717) is 36.4 Å². The van der Waals surface area contributed by atoms with Gasteiger partial charge in [0.05, 0.1) is 26.4 Å². The first-order valence-corrected chi connectivity index (χ1v) is 8.75. The molecule has 1 fully saturated rings. The Morgan fingerprint density at radius 1 is 1.15 bits per heavy atom. The summed E-state index contributed by atoms with van der Waals surface area (Å²) in [6.45, 7) is 5.33. The van der Waals surface area contributed by atoms with Crippen molar-refractivity contribution in [2.45, 2.75) is 26.1 Å². The summed E-state index contributed by atoms with van der Waals surface area (Å²) < 4.78 is 22.2. The van der Waals surface area contributed by atoms with Gasteiger partial charge in [-0.05, 0) is 37.6 Å². The smallest absolute Gasteiger partial charge is 0.235 e. The Morgan fingerprint density at radius 3 is 2.48 bits per heavy atom. The molecule has 1 aliphatic rings. The number of nitriles is 1. The van der Waals surface area contributed by atoms with Gasteiger partial charge in [0.2, 0.25) is 17.5 Å². The van der Waals surface area contributed by atoms with Gasteiger partial charge in [0.1, 0.15) is 6.07 Å². The Balaban J connectivity index is 1.83. The lowest BCUT2D eigenvalue weighted by Gasteiger charge is -2.34. The number of ether oxygens (including phenoxy) is 3. The Labute approximate surface area is 158 Å². The number of morpholine rings is 1. The number of oxazole rings is 1. The second-order valence-electron chi connectivity index (χ2n) is 6.43. The van der Waals surface area contributed by atoms with Gasteiger partial charge < -0.3 is 23.5 Å². The third-order valence-electron chi connectivity index (χ3n) is 4.26. The van der Waals surface area contributed by atoms with Crippen molar-refractivity contribution < 1.29 is 18.6 Å². The van der Waals surface area contributed by atoms with Crippen molar-refractivity contribution in [1.29, 1.82) is 5.26 Å². The van der Waals surface area contributed by atoms with Gasteiger partial charge in [-0.3, -0.25) is 0 Å². The molecule has 2 heterocycles. The summed E-state index contributed by atoms with van der Waals surface area (Å²) in [6.07, 6.45) is 3.72. The molecule has 0 amide bonds. The molecule has 27 heavy (non-hydrogen) atoms. The summed E-state index contributed by atoms with van der Waals surface area (Å²) in [6, 6.07) is 7.70. The largest absolute Gasteiger partial charge is 0.493 e. The van der Waals surface area contributed by atoms with Crippen molar-refractivity contribution in [2.24, 2.45) is 0 Å². The first kappa shape index (κ1) is 18.8. The summed E-state index contributed by atoms with van der Waals surface area (Å²) in [4.78, 5) is 6.30. The Hall–Kier alpha value is -2.98. The highest BCUT2D eigenvalue weighted by atomic mass is 16.5. The van der Waals surface area contributed by atoms with E-state index in [1.165, 1.54) is 0 Å². The Kier molecular flexibility index (Phi) is 5.67. The third-order valence-corrected chi connectivity index (χ3v) is 4.26. The van der Waals surface area contributed by atoms with Gasteiger partial charge in [-0.1, -0.05) is 6.07 Å². The molecule has 3 rings (SSSR count). The highest BCUT2D eigenvalue weighted by Crippen LogP contribution is 2.29. The van der Waals surface area contributed by atoms with Crippen LogP contribution in [-0.4, -0.2) is 44.5 Å². The predicted molar refractivity (Wildman–Crippen MR) is 102 cm³/mol. The molecule has 0 bridgehead atoms. The molecule has 7 nitrogen and oxygen atoms in total. The van der Waals surface area contributed by atoms with Crippen LogP contribution in [0.3, 0.4) is 0 Å². The molecule has 1 aromatic carbocycles. The molecular weight excluding hydrogens is 346 g/mol. The minimum absolute atomic E-state index is 0.0659. The summed E-state index contributed by atoms with van der Waals surface area (Å²) >= 11 is 0. The molecule has 7 heteroatoms. The molecule has 2 aromatic rings. The molecule has 0 radical (unpaired) electrons. The van der Waals surface area contributed by atoms with Crippen LogP contribution in [0.2, 0.25) is 0 Å². The van der Waals surface area contributed by atoms with Gasteiger partial charge in [0.25, 0.3) is 0 Å². The molecule has 0 aliphatic carbocycles. The fourth-order valence-corrected chi connectivity index (χ4v) is 3.15. The van der Waals surface area contributed by atoms with Crippen LogP contribution < -0.4 is 14.4 Å². The standard InChI is InChI=1S/C20H23N3O4/c1-13-11-23(12-14(2)26-13)20-16(10-21)22-19(27-20)8-6-15-5-7-17(24-3)18(9-15)25-4/h5-9,13-14H,11-12H2,1-4H3/b8-6+. The van der Waals surface area contributed by atoms with Crippen LogP contribution >= 0.6 is 0 Å². The van der Waals surface area contributed by atoms with E-state index >= 15 is 0 Å². The number of benzene rings is 1. The van der Waals surface area contributed by atoms with Crippen molar-refractivity contribution in [3.05, 3.63) is 35.3 Å². The third kappa shape index (κ3) is 4.23. The minimum Gasteiger partial charge on any atom is -0.493 e. The van der Waals surface area contributed by atoms with Crippen molar-refractivity contribution in [3.8, 4) is 17.6 Å². The van der Waals surface area contributed by atoms with Crippen LogP contribution in [0.1, 0.15) is 31.0 Å². The normalized spacial score (nSPS) is 19.9. The first-order valence-electron chi connectivity index (χ1n) is 8.75. The zero-order chi connectivity index (χ0) is 19.4. The number of hydrogen-bond donors (Lipinski definition) is 0. The molecule has 1 aliphatic heterocycles. The van der Waals surface area contributed by atoms with Crippen molar-refractivity contribution in [2.75, 3.05) is 32.2 Å². The lowest BCUT2D eigenvalue weighted by Crippen LogP contribution is -2.45. The zero-order valence-corrected chi connectivity index (χ0v) is 15.9. The molecule has 2 atom stereocenters. The maximum atomic E-state index is 9.42. The van der Waals surface area contributed by atoms with E-state index < -0.39 is 0 Å². The average molecular weight is 369 g/mol. The van der Waals surface area contributed by atoms with Crippen molar-refractivity contribution in [3.63, 3.8) is 0 Å². The summed E-state index contributed by atoms with van der Waals surface area (Å²) in [7, 11) is 3.19. The number of aromatic nitrogens is 1. The van der Waals surface area contributed by atoms with E-state index in [1.54, 1.807) is 20.3 Å². The van der Waals surface area contributed by atoms with E-state index in [4.69, 9.17) is 18.6 Å². The second kappa shape index (κ2) is 8.14. The number of nitrogens with zero attached hydrogens (tertiary/aromatic N) is 3. The van der Waals surface area contributed by atoms with E-state index in [9.17, 15) is 5.26 Å². The van der Waals surface area contributed by atoms with E-state index in [-0.39, 0.29) is 17.9 Å². The van der Waals surface area contributed by atoms with Crippen LogP contribution in [0, 0.1) is 11.3 Å². The van der Waals surface area contributed by atoms with E-state index in [1.807, 2.05) is 43.0 Å². The SMILES string of the molecule is COc1ccc(/C=C/c2nc(C#N)c(N3CC(C)OC(C)C3)o2)cc1OC. The molecule has 1 saturated heterocycles. The monoisotopic (exact) mass is 369 g/mol.